The van der Waals surface area contributed by atoms with E-state index in [0.29, 0.717) is 44.8 Å². The van der Waals surface area contributed by atoms with E-state index in [9.17, 15) is 9.59 Å². The van der Waals surface area contributed by atoms with E-state index in [1.165, 1.54) is 0 Å². The Morgan fingerprint density at radius 1 is 1.03 bits per heavy atom. The van der Waals surface area contributed by atoms with Crippen molar-refractivity contribution >= 4 is 11.8 Å². The van der Waals surface area contributed by atoms with Crippen molar-refractivity contribution < 1.29 is 14.3 Å². The summed E-state index contributed by atoms with van der Waals surface area (Å²) in [4.78, 5) is 26.8. The van der Waals surface area contributed by atoms with E-state index in [1.807, 2.05) is 30.3 Å². The van der Waals surface area contributed by atoms with Crippen LogP contribution in [0.1, 0.15) is 37.7 Å². The summed E-state index contributed by atoms with van der Waals surface area (Å²) in [5, 5.41) is 9.85. The van der Waals surface area contributed by atoms with Gasteiger partial charge in [0.05, 0.1) is 5.41 Å². The Morgan fingerprint density at radius 2 is 1.83 bits per heavy atom. The summed E-state index contributed by atoms with van der Waals surface area (Å²) in [6, 6.07) is 9.49. The Labute approximate surface area is 178 Å². The molecule has 2 saturated heterocycles. The average Bonchev–Trinajstić information content (AvgIpc) is 2.78. The van der Waals surface area contributed by atoms with E-state index in [2.05, 4.69) is 28.1 Å². The third-order valence-electron chi connectivity index (χ3n) is 6.89. The molecule has 3 aliphatic rings. The fraction of sp³-hybridized carbons (Fsp3) is 0.583. The Kier molecular flexibility index (Phi) is 6.85. The van der Waals surface area contributed by atoms with Gasteiger partial charge in [-0.2, -0.15) is 0 Å². The van der Waals surface area contributed by atoms with Crippen LogP contribution in [0.15, 0.2) is 42.5 Å². The first kappa shape index (κ1) is 21.1. The van der Waals surface area contributed by atoms with Crippen LogP contribution >= 0.6 is 0 Å². The fourth-order valence-electron chi connectivity index (χ4n) is 4.88. The second-order valence-electron chi connectivity index (χ2n) is 8.89. The molecule has 0 saturated carbocycles. The van der Waals surface area contributed by atoms with Crippen molar-refractivity contribution in [3.8, 4) is 0 Å². The van der Waals surface area contributed by atoms with Crippen LogP contribution < -0.4 is 16.0 Å². The predicted molar refractivity (Wildman–Crippen MR) is 116 cm³/mol. The van der Waals surface area contributed by atoms with Gasteiger partial charge in [-0.15, -0.1) is 0 Å². The number of fused-ring (bicyclic) bond motifs is 1. The number of rotatable bonds is 2. The third-order valence-corrected chi connectivity index (χ3v) is 6.89. The lowest BCUT2D eigenvalue weighted by Gasteiger charge is -2.38. The molecule has 6 nitrogen and oxygen atoms in total. The molecule has 4 rings (SSSR count). The zero-order chi connectivity index (χ0) is 20.8. The Balaban J connectivity index is 1.61. The molecular weight excluding hydrogens is 378 g/mol. The summed E-state index contributed by atoms with van der Waals surface area (Å²) in [5.41, 5.74) is 0.556. The van der Waals surface area contributed by atoms with Gasteiger partial charge in [0.1, 0.15) is 6.04 Å². The van der Waals surface area contributed by atoms with Crippen LogP contribution in [0, 0.1) is 11.3 Å². The first-order chi connectivity index (χ1) is 14.7. The maximum absolute atomic E-state index is 13.4. The molecule has 1 aromatic carbocycles. The first-order valence-corrected chi connectivity index (χ1v) is 11.2. The van der Waals surface area contributed by atoms with Gasteiger partial charge in [-0.25, -0.2) is 0 Å². The van der Waals surface area contributed by atoms with E-state index in [4.69, 9.17) is 4.74 Å². The molecular formula is C24H33N3O3. The van der Waals surface area contributed by atoms with E-state index in [0.717, 1.165) is 31.5 Å². The van der Waals surface area contributed by atoms with Gasteiger partial charge in [-0.05, 0) is 50.1 Å². The van der Waals surface area contributed by atoms with Crippen molar-refractivity contribution in [2.24, 2.45) is 11.3 Å². The molecule has 0 unspecified atom stereocenters. The molecule has 2 fully saturated rings. The van der Waals surface area contributed by atoms with E-state index in [1.54, 1.807) is 0 Å². The summed E-state index contributed by atoms with van der Waals surface area (Å²) >= 11 is 0. The molecule has 0 radical (unpaired) electrons. The van der Waals surface area contributed by atoms with Crippen molar-refractivity contribution in [3.05, 3.63) is 48.0 Å². The number of ether oxygens (including phenoxy) is 1. The Bertz CT molecular complexity index is 758. The van der Waals surface area contributed by atoms with Gasteiger partial charge in [-0.1, -0.05) is 42.5 Å². The molecule has 3 atom stereocenters. The van der Waals surface area contributed by atoms with Crippen LogP contribution in [-0.2, 0) is 20.7 Å². The summed E-state index contributed by atoms with van der Waals surface area (Å²) in [7, 11) is 0. The molecule has 6 heteroatoms. The fourth-order valence-corrected chi connectivity index (χ4v) is 4.88. The lowest BCUT2D eigenvalue weighted by Crippen LogP contribution is -2.57. The van der Waals surface area contributed by atoms with E-state index in [-0.39, 0.29) is 17.9 Å². The minimum Gasteiger partial charge on any atom is -0.381 e. The SMILES string of the molecule is O=C1N[C@@H]2CCNC[C@H]2C/C=C/CC2(CCOCC2)C(=O)N[C@@H]1Cc1ccccc1. The van der Waals surface area contributed by atoms with Crippen LogP contribution in [0.4, 0.5) is 0 Å². The van der Waals surface area contributed by atoms with Gasteiger partial charge in [0.2, 0.25) is 11.8 Å². The standard InChI is InChI=1S/C24H33N3O3/c28-22-21(16-18-6-2-1-3-7-18)27-23(29)24(11-14-30-15-12-24)10-5-4-8-19-17-25-13-9-20(19)26-22/h1-7,19-21,25H,8-17H2,(H,26,28)(H,27,29)/b5-4+/t19-,20-,21-/m1/s1. The number of benzene rings is 1. The number of hydrogen-bond acceptors (Lipinski definition) is 4. The summed E-state index contributed by atoms with van der Waals surface area (Å²) < 4.78 is 5.54. The molecule has 0 bridgehead atoms. The lowest BCUT2D eigenvalue weighted by molar-refractivity contribution is -0.140. The molecule has 3 aliphatic heterocycles. The molecule has 2 amide bonds. The number of allylic oxidation sites excluding steroid dienone is 2. The normalized spacial score (nSPS) is 30.9. The number of nitrogens with one attached hydrogen (secondary N) is 3. The van der Waals surface area contributed by atoms with Crippen molar-refractivity contribution in [1.29, 1.82) is 0 Å². The lowest BCUT2D eigenvalue weighted by atomic mass is 9.75. The van der Waals surface area contributed by atoms with Crippen LogP contribution in [-0.4, -0.2) is 50.2 Å². The highest BCUT2D eigenvalue weighted by Crippen LogP contribution is 2.35. The van der Waals surface area contributed by atoms with Gasteiger partial charge >= 0.3 is 0 Å². The van der Waals surface area contributed by atoms with Gasteiger partial charge in [0.25, 0.3) is 0 Å². The number of piperidine rings is 1. The summed E-state index contributed by atoms with van der Waals surface area (Å²) in [6.07, 6.45) is 8.78. The molecule has 1 spiro atoms. The quantitative estimate of drug-likeness (QED) is 0.650. The van der Waals surface area contributed by atoms with Crippen LogP contribution in [0.3, 0.4) is 0 Å². The topological polar surface area (TPSA) is 79.5 Å². The van der Waals surface area contributed by atoms with Crippen LogP contribution in [0.25, 0.3) is 0 Å². The van der Waals surface area contributed by atoms with Crippen molar-refractivity contribution in [3.63, 3.8) is 0 Å². The van der Waals surface area contributed by atoms with E-state index < -0.39 is 11.5 Å². The molecule has 0 aliphatic carbocycles. The highest BCUT2D eigenvalue weighted by Gasteiger charge is 2.41. The molecule has 3 N–H and O–H groups in total. The van der Waals surface area contributed by atoms with Crippen LogP contribution in [0.5, 0.6) is 0 Å². The zero-order valence-corrected chi connectivity index (χ0v) is 17.6. The number of amides is 2. The molecule has 30 heavy (non-hydrogen) atoms. The van der Waals surface area contributed by atoms with Crippen molar-refractivity contribution in [1.82, 2.24) is 16.0 Å². The molecule has 162 valence electrons. The van der Waals surface area contributed by atoms with Gasteiger partial charge < -0.3 is 20.7 Å². The minimum absolute atomic E-state index is 0.0195. The maximum Gasteiger partial charge on any atom is 0.243 e. The predicted octanol–water partition coefficient (Wildman–Crippen LogP) is 1.95. The maximum atomic E-state index is 13.4. The second-order valence-corrected chi connectivity index (χ2v) is 8.89. The van der Waals surface area contributed by atoms with E-state index >= 15 is 0 Å². The molecule has 3 heterocycles. The number of carbonyl (C=O) groups excluding carboxylic acids is 2. The molecule has 0 aromatic heterocycles. The Hall–Kier alpha value is -2.18. The molecule has 1 aromatic rings. The highest BCUT2D eigenvalue weighted by molar-refractivity contribution is 5.90. The zero-order valence-electron chi connectivity index (χ0n) is 17.6. The summed E-state index contributed by atoms with van der Waals surface area (Å²) in [6.45, 7) is 2.99. The van der Waals surface area contributed by atoms with Crippen molar-refractivity contribution in [2.45, 2.75) is 50.6 Å². The monoisotopic (exact) mass is 411 g/mol. The smallest absolute Gasteiger partial charge is 0.243 e. The highest BCUT2D eigenvalue weighted by atomic mass is 16.5. The van der Waals surface area contributed by atoms with Gasteiger partial charge in [-0.3, -0.25) is 9.59 Å². The van der Waals surface area contributed by atoms with Gasteiger partial charge in [0.15, 0.2) is 0 Å². The average molecular weight is 412 g/mol. The largest absolute Gasteiger partial charge is 0.381 e. The van der Waals surface area contributed by atoms with Gasteiger partial charge in [0, 0.05) is 32.2 Å². The Morgan fingerprint density at radius 3 is 2.63 bits per heavy atom. The van der Waals surface area contributed by atoms with Crippen LogP contribution in [0.2, 0.25) is 0 Å². The first-order valence-electron chi connectivity index (χ1n) is 11.2. The minimum atomic E-state index is -0.571. The number of carbonyl (C=O) groups is 2. The van der Waals surface area contributed by atoms with Crippen molar-refractivity contribution in [2.75, 3.05) is 26.3 Å². The second kappa shape index (κ2) is 9.75. The third kappa shape index (κ3) is 4.93. The summed E-state index contributed by atoms with van der Waals surface area (Å²) in [5.74, 6) is 0.280. The number of hydrogen-bond donors (Lipinski definition) is 3.